The van der Waals surface area contributed by atoms with Crippen LogP contribution in [0.2, 0.25) is 0 Å². The summed E-state index contributed by atoms with van der Waals surface area (Å²) in [6.07, 6.45) is -3.42. The third-order valence-electron chi connectivity index (χ3n) is 4.05. The predicted molar refractivity (Wildman–Crippen MR) is 84.7 cm³/mol. The Morgan fingerprint density at radius 3 is 2.76 bits per heavy atom. The normalized spacial score (nSPS) is 36.0. The van der Waals surface area contributed by atoms with E-state index in [1.807, 2.05) is 0 Å². The molecule has 3 aliphatic heterocycles. The molecular formula is C14H19N5O6. The summed E-state index contributed by atoms with van der Waals surface area (Å²) < 4.78 is 5.42. The molecule has 4 N–H and O–H groups in total. The number of amidine groups is 1. The maximum absolute atomic E-state index is 12.1. The molecule has 11 nitrogen and oxygen atoms in total. The molecule has 0 radical (unpaired) electrons. The number of nitrogens with one attached hydrogen (secondary N) is 1. The van der Waals surface area contributed by atoms with Gasteiger partial charge in [-0.25, -0.2) is 0 Å². The van der Waals surface area contributed by atoms with Crippen LogP contribution >= 0.6 is 0 Å². The topological polar surface area (TPSA) is 156 Å². The zero-order valence-corrected chi connectivity index (χ0v) is 13.6. The van der Waals surface area contributed by atoms with E-state index in [0.29, 0.717) is 0 Å². The number of guanidine groups is 1. The monoisotopic (exact) mass is 353 g/mol. The Hall–Kier alpha value is -2.21. The second kappa shape index (κ2) is 6.59. The number of aliphatic hydroxyl groups is 3. The second-order valence-corrected chi connectivity index (χ2v) is 6.19. The number of aliphatic imine (C=N–C) groups is 3. The Bertz CT molecular complexity index is 675. The highest BCUT2D eigenvalue weighted by molar-refractivity contribution is 6.24. The third kappa shape index (κ3) is 3.06. The lowest BCUT2D eigenvalue weighted by atomic mass is 10.1. The number of fused-ring (bicyclic) bond motifs is 1. The van der Waals surface area contributed by atoms with E-state index in [9.17, 15) is 24.9 Å². The van der Waals surface area contributed by atoms with E-state index in [1.165, 1.54) is 11.2 Å². The van der Waals surface area contributed by atoms with Crippen LogP contribution in [0.25, 0.3) is 0 Å². The number of aliphatic hydroxyl groups excluding tert-OH is 3. The second-order valence-electron chi connectivity index (χ2n) is 6.19. The molecule has 0 aliphatic carbocycles. The first-order valence-corrected chi connectivity index (χ1v) is 7.79. The molecule has 11 heteroatoms. The first-order valence-electron chi connectivity index (χ1n) is 7.79. The van der Waals surface area contributed by atoms with Crippen molar-refractivity contribution < 1.29 is 29.6 Å². The molecule has 0 aromatic heterocycles. The fraction of sp³-hybridized carbons (Fsp3) is 0.643. The van der Waals surface area contributed by atoms with Crippen molar-refractivity contribution in [3.8, 4) is 0 Å². The van der Waals surface area contributed by atoms with Gasteiger partial charge in [-0.2, -0.15) is 9.98 Å². The number of rotatable bonds is 3. The van der Waals surface area contributed by atoms with Crippen molar-refractivity contribution in [2.24, 2.45) is 20.9 Å². The molecular weight excluding hydrogens is 334 g/mol. The van der Waals surface area contributed by atoms with Gasteiger partial charge in [0.15, 0.2) is 18.1 Å². The summed E-state index contributed by atoms with van der Waals surface area (Å²) in [6, 6.07) is -0.964. The lowest BCUT2D eigenvalue weighted by Crippen LogP contribution is -2.53. The van der Waals surface area contributed by atoms with Gasteiger partial charge in [-0.3, -0.25) is 24.8 Å². The fourth-order valence-electron chi connectivity index (χ4n) is 2.62. The minimum Gasteiger partial charge on any atom is -0.394 e. The molecule has 0 aromatic carbocycles. The van der Waals surface area contributed by atoms with Crippen LogP contribution in [0.4, 0.5) is 0 Å². The number of carbonyl (C=O) groups excluding carboxylic acids is 2. The molecule has 136 valence electrons. The minimum atomic E-state index is -1.34. The van der Waals surface area contributed by atoms with E-state index in [-0.39, 0.29) is 17.7 Å². The quantitative estimate of drug-likeness (QED) is 0.427. The van der Waals surface area contributed by atoms with Crippen LogP contribution in [0.5, 0.6) is 0 Å². The van der Waals surface area contributed by atoms with Gasteiger partial charge < -0.3 is 20.1 Å². The molecule has 1 saturated heterocycles. The average Bonchev–Trinajstić information content (AvgIpc) is 3.10. The fourth-order valence-corrected chi connectivity index (χ4v) is 2.62. The highest BCUT2D eigenvalue weighted by atomic mass is 16.6. The van der Waals surface area contributed by atoms with Crippen LogP contribution in [0.1, 0.15) is 13.8 Å². The average molecular weight is 353 g/mol. The summed E-state index contributed by atoms with van der Waals surface area (Å²) in [5.74, 6) is -1.38. The SMILES string of the molecule is CC(C)C(=O)N=C1N=C2C(N=CN2[C@@H]2O[C@H](CO)[C@@H](O)[C@H]2O)C(=O)N1. The van der Waals surface area contributed by atoms with Crippen LogP contribution in [0, 0.1) is 5.92 Å². The number of hydrogen-bond donors (Lipinski definition) is 4. The Morgan fingerprint density at radius 1 is 1.44 bits per heavy atom. The highest BCUT2D eigenvalue weighted by Gasteiger charge is 2.49. The van der Waals surface area contributed by atoms with Crippen LogP contribution in [-0.2, 0) is 14.3 Å². The van der Waals surface area contributed by atoms with Crippen molar-refractivity contribution in [1.29, 1.82) is 0 Å². The summed E-state index contributed by atoms with van der Waals surface area (Å²) in [5, 5.41) is 31.6. The van der Waals surface area contributed by atoms with Gasteiger partial charge in [-0.15, -0.1) is 0 Å². The van der Waals surface area contributed by atoms with Crippen LogP contribution < -0.4 is 5.32 Å². The number of hydrogen-bond acceptors (Lipinski definition) is 8. The third-order valence-corrected chi connectivity index (χ3v) is 4.05. The van der Waals surface area contributed by atoms with Gasteiger partial charge in [0.2, 0.25) is 5.96 Å². The van der Waals surface area contributed by atoms with E-state index in [2.05, 4.69) is 20.3 Å². The van der Waals surface area contributed by atoms with Crippen molar-refractivity contribution in [2.75, 3.05) is 6.61 Å². The Balaban J connectivity index is 1.89. The number of ether oxygens (including phenoxy) is 1. The molecule has 0 saturated carbocycles. The zero-order valence-electron chi connectivity index (χ0n) is 13.6. The Morgan fingerprint density at radius 2 is 2.16 bits per heavy atom. The van der Waals surface area contributed by atoms with Crippen molar-refractivity contribution in [2.45, 2.75) is 44.4 Å². The van der Waals surface area contributed by atoms with Gasteiger partial charge in [-0.05, 0) is 0 Å². The first-order chi connectivity index (χ1) is 11.8. The van der Waals surface area contributed by atoms with Gasteiger partial charge in [0.05, 0.1) is 12.9 Å². The zero-order chi connectivity index (χ0) is 18.3. The van der Waals surface area contributed by atoms with Gasteiger partial charge in [0.1, 0.15) is 18.3 Å². The highest BCUT2D eigenvalue weighted by Crippen LogP contribution is 2.27. The van der Waals surface area contributed by atoms with Crippen molar-refractivity contribution >= 4 is 29.9 Å². The van der Waals surface area contributed by atoms with Crippen molar-refractivity contribution in [3.05, 3.63) is 0 Å². The van der Waals surface area contributed by atoms with E-state index < -0.39 is 49.0 Å². The largest absolute Gasteiger partial charge is 0.394 e. The predicted octanol–water partition coefficient (Wildman–Crippen LogP) is -2.80. The molecule has 0 spiro atoms. The maximum atomic E-state index is 12.1. The lowest BCUT2D eigenvalue weighted by molar-refractivity contribution is -0.120. The van der Waals surface area contributed by atoms with Crippen molar-refractivity contribution in [1.82, 2.24) is 10.2 Å². The van der Waals surface area contributed by atoms with Gasteiger partial charge in [0.25, 0.3) is 11.8 Å². The standard InChI is InChI=1S/C14H19N5O6/c1-5(2)11(23)17-14-16-10-7(12(24)18-14)15-4-19(10)13-9(22)8(21)6(3-20)25-13/h4-9,13,20-22H,3H2,1-2H3,(H,17,18,23,24)/t6-,7?,8-,9-,13-/m1/s1. The minimum absolute atomic E-state index is 0.119. The van der Waals surface area contributed by atoms with Crippen LogP contribution in [0.15, 0.2) is 15.0 Å². The van der Waals surface area contributed by atoms with Gasteiger partial charge in [-0.1, -0.05) is 13.8 Å². The number of nitrogens with zero attached hydrogens (tertiary/aromatic N) is 4. The van der Waals surface area contributed by atoms with E-state index in [1.54, 1.807) is 13.8 Å². The van der Waals surface area contributed by atoms with E-state index in [4.69, 9.17) is 4.74 Å². The lowest BCUT2D eigenvalue weighted by Gasteiger charge is -2.28. The summed E-state index contributed by atoms with van der Waals surface area (Å²) in [5.41, 5.74) is 0. The maximum Gasteiger partial charge on any atom is 0.259 e. The molecule has 1 fully saturated rings. The van der Waals surface area contributed by atoms with Crippen LogP contribution in [-0.4, -0.2) is 87.4 Å². The first kappa shape index (κ1) is 17.6. The Kier molecular flexibility index (Phi) is 4.64. The van der Waals surface area contributed by atoms with E-state index in [0.717, 1.165) is 0 Å². The summed E-state index contributed by atoms with van der Waals surface area (Å²) >= 11 is 0. The molecule has 2 amide bonds. The number of amides is 2. The molecule has 0 bridgehead atoms. The molecule has 3 aliphatic rings. The number of carbonyl (C=O) groups is 2. The molecule has 3 heterocycles. The summed E-state index contributed by atoms with van der Waals surface area (Å²) in [4.78, 5) is 37.1. The molecule has 25 heavy (non-hydrogen) atoms. The van der Waals surface area contributed by atoms with Crippen molar-refractivity contribution in [3.63, 3.8) is 0 Å². The summed E-state index contributed by atoms with van der Waals surface area (Å²) in [6.45, 7) is 2.85. The van der Waals surface area contributed by atoms with E-state index >= 15 is 0 Å². The molecule has 0 aromatic rings. The molecule has 3 rings (SSSR count). The Labute approximate surface area is 142 Å². The smallest absolute Gasteiger partial charge is 0.259 e. The molecule has 5 atom stereocenters. The summed E-state index contributed by atoms with van der Waals surface area (Å²) in [7, 11) is 0. The van der Waals surface area contributed by atoms with Gasteiger partial charge >= 0.3 is 0 Å². The van der Waals surface area contributed by atoms with Gasteiger partial charge in [0, 0.05) is 5.92 Å². The molecule has 1 unspecified atom stereocenters. The van der Waals surface area contributed by atoms with Crippen LogP contribution in [0.3, 0.4) is 0 Å².